The summed E-state index contributed by atoms with van der Waals surface area (Å²) >= 11 is 0. The van der Waals surface area contributed by atoms with Crippen LogP contribution >= 0.6 is 0 Å². The molecule has 1 aliphatic carbocycles. The monoisotopic (exact) mass is 275 g/mol. The molecule has 0 atom stereocenters. The summed E-state index contributed by atoms with van der Waals surface area (Å²) in [5.74, 6) is -0.0515. The first-order valence-corrected chi connectivity index (χ1v) is 7.52. The van der Waals surface area contributed by atoms with Crippen LogP contribution in [0.25, 0.3) is 0 Å². The van der Waals surface area contributed by atoms with Gasteiger partial charge in [-0.1, -0.05) is 13.3 Å². The first-order chi connectivity index (χ1) is 9.60. The maximum atomic E-state index is 11.9. The van der Waals surface area contributed by atoms with Gasteiger partial charge in [0.15, 0.2) is 0 Å². The molecule has 1 fully saturated rings. The molecular weight excluding hydrogens is 250 g/mol. The lowest BCUT2D eigenvalue weighted by Crippen LogP contribution is -2.36. The van der Waals surface area contributed by atoms with E-state index in [0.717, 1.165) is 12.2 Å². The molecule has 2 rings (SSSR count). The zero-order chi connectivity index (χ0) is 14.6. The summed E-state index contributed by atoms with van der Waals surface area (Å²) in [7, 11) is 0. The molecule has 1 aromatic rings. The molecule has 20 heavy (non-hydrogen) atoms. The standard InChI is InChI=1S/C16H25N3O/c1-3-16(8-5-9-16)11-19-14-10-12(6-7-13(14)17)15(20)18-4-2/h6-7,10,19H,3-5,8-9,11,17H2,1-2H3,(H,18,20). The van der Waals surface area contributed by atoms with Crippen molar-refractivity contribution in [3.8, 4) is 0 Å². The van der Waals surface area contributed by atoms with Gasteiger partial charge >= 0.3 is 0 Å². The Hall–Kier alpha value is -1.71. The molecule has 0 spiro atoms. The molecule has 4 N–H and O–H groups in total. The van der Waals surface area contributed by atoms with E-state index in [1.54, 1.807) is 12.1 Å². The van der Waals surface area contributed by atoms with Crippen LogP contribution in [0.2, 0.25) is 0 Å². The number of carbonyl (C=O) groups is 1. The second-order valence-corrected chi connectivity index (χ2v) is 5.72. The van der Waals surface area contributed by atoms with Gasteiger partial charge in [-0.3, -0.25) is 4.79 Å². The third-order valence-corrected chi connectivity index (χ3v) is 4.47. The molecule has 0 unspecified atom stereocenters. The van der Waals surface area contributed by atoms with E-state index >= 15 is 0 Å². The maximum absolute atomic E-state index is 11.9. The van der Waals surface area contributed by atoms with Gasteiger partial charge < -0.3 is 16.4 Å². The van der Waals surface area contributed by atoms with Crippen LogP contribution in [-0.4, -0.2) is 19.0 Å². The van der Waals surface area contributed by atoms with Crippen molar-refractivity contribution in [1.29, 1.82) is 0 Å². The Bertz CT molecular complexity index is 475. The predicted octanol–water partition coefficient (Wildman–Crippen LogP) is 3.01. The van der Waals surface area contributed by atoms with Crippen LogP contribution in [0.3, 0.4) is 0 Å². The number of nitrogens with one attached hydrogen (secondary N) is 2. The van der Waals surface area contributed by atoms with Crippen LogP contribution < -0.4 is 16.4 Å². The average molecular weight is 275 g/mol. The minimum Gasteiger partial charge on any atom is -0.397 e. The summed E-state index contributed by atoms with van der Waals surface area (Å²) in [6.45, 7) is 5.72. The van der Waals surface area contributed by atoms with Gasteiger partial charge in [0.25, 0.3) is 5.91 Å². The van der Waals surface area contributed by atoms with Crippen LogP contribution in [-0.2, 0) is 0 Å². The lowest BCUT2D eigenvalue weighted by molar-refractivity contribution is 0.0956. The third kappa shape index (κ3) is 3.06. The smallest absolute Gasteiger partial charge is 0.251 e. The predicted molar refractivity (Wildman–Crippen MR) is 83.9 cm³/mol. The fourth-order valence-corrected chi connectivity index (χ4v) is 2.73. The van der Waals surface area contributed by atoms with E-state index in [9.17, 15) is 4.79 Å². The van der Waals surface area contributed by atoms with Gasteiger partial charge in [-0.05, 0) is 49.8 Å². The van der Waals surface area contributed by atoms with Crippen molar-refractivity contribution in [3.05, 3.63) is 23.8 Å². The molecular formula is C16H25N3O. The minimum atomic E-state index is -0.0515. The molecule has 0 radical (unpaired) electrons. The van der Waals surface area contributed by atoms with Crippen LogP contribution in [0.4, 0.5) is 11.4 Å². The number of hydrogen-bond acceptors (Lipinski definition) is 3. The van der Waals surface area contributed by atoms with Gasteiger partial charge in [0.2, 0.25) is 0 Å². The molecule has 0 bridgehead atoms. The molecule has 4 heteroatoms. The van der Waals surface area contributed by atoms with E-state index in [1.165, 1.54) is 25.7 Å². The van der Waals surface area contributed by atoms with E-state index < -0.39 is 0 Å². The van der Waals surface area contributed by atoms with Gasteiger partial charge in [0.1, 0.15) is 0 Å². The molecule has 1 amide bonds. The van der Waals surface area contributed by atoms with Crippen LogP contribution in [0.15, 0.2) is 18.2 Å². The van der Waals surface area contributed by atoms with E-state index in [-0.39, 0.29) is 5.91 Å². The Morgan fingerprint density at radius 2 is 2.10 bits per heavy atom. The quantitative estimate of drug-likeness (QED) is 0.699. The molecule has 1 aromatic carbocycles. The number of nitrogens with two attached hydrogens (primary N) is 1. The molecule has 0 aliphatic heterocycles. The van der Waals surface area contributed by atoms with Crippen molar-refractivity contribution in [3.63, 3.8) is 0 Å². The van der Waals surface area contributed by atoms with Crippen molar-refractivity contribution >= 4 is 17.3 Å². The summed E-state index contributed by atoms with van der Waals surface area (Å²) in [5, 5.41) is 6.25. The van der Waals surface area contributed by atoms with Gasteiger partial charge in [0, 0.05) is 18.7 Å². The van der Waals surface area contributed by atoms with E-state index in [1.807, 2.05) is 13.0 Å². The molecule has 4 nitrogen and oxygen atoms in total. The molecule has 1 saturated carbocycles. The van der Waals surface area contributed by atoms with E-state index in [4.69, 9.17) is 5.73 Å². The summed E-state index contributed by atoms with van der Waals surface area (Å²) in [6.07, 6.45) is 5.08. The number of amides is 1. The third-order valence-electron chi connectivity index (χ3n) is 4.47. The summed E-state index contributed by atoms with van der Waals surface area (Å²) in [6, 6.07) is 5.42. The number of hydrogen-bond donors (Lipinski definition) is 3. The zero-order valence-corrected chi connectivity index (χ0v) is 12.5. The SMILES string of the molecule is CCNC(=O)c1ccc(N)c(NCC2(CC)CCC2)c1. The normalized spacial score (nSPS) is 16.3. The molecule has 0 aromatic heterocycles. The van der Waals surface area contributed by atoms with Crippen molar-refractivity contribution in [2.24, 2.45) is 5.41 Å². The number of anilines is 2. The second kappa shape index (κ2) is 6.16. The number of nitrogen functional groups attached to an aromatic ring is 1. The van der Waals surface area contributed by atoms with Crippen LogP contribution in [0.5, 0.6) is 0 Å². The van der Waals surface area contributed by atoms with Crippen molar-refractivity contribution in [1.82, 2.24) is 5.32 Å². The fraction of sp³-hybridized carbons (Fsp3) is 0.562. The van der Waals surface area contributed by atoms with E-state index in [0.29, 0.717) is 23.2 Å². The van der Waals surface area contributed by atoms with Crippen molar-refractivity contribution in [2.45, 2.75) is 39.5 Å². The Balaban J connectivity index is 2.06. The highest BCUT2D eigenvalue weighted by atomic mass is 16.1. The van der Waals surface area contributed by atoms with Gasteiger partial charge in [-0.15, -0.1) is 0 Å². The van der Waals surface area contributed by atoms with Crippen molar-refractivity contribution < 1.29 is 4.79 Å². The number of rotatable bonds is 6. The Labute approximate surface area is 121 Å². The highest BCUT2D eigenvalue weighted by Crippen LogP contribution is 2.43. The maximum Gasteiger partial charge on any atom is 0.251 e. The molecule has 0 saturated heterocycles. The molecule has 1 aliphatic rings. The highest BCUT2D eigenvalue weighted by Gasteiger charge is 2.34. The first kappa shape index (κ1) is 14.7. The topological polar surface area (TPSA) is 67.2 Å². The fourth-order valence-electron chi connectivity index (χ4n) is 2.73. The molecule has 0 heterocycles. The van der Waals surface area contributed by atoms with Crippen molar-refractivity contribution in [2.75, 3.05) is 24.1 Å². The summed E-state index contributed by atoms with van der Waals surface area (Å²) in [4.78, 5) is 11.9. The van der Waals surface area contributed by atoms with Gasteiger partial charge in [-0.25, -0.2) is 0 Å². The molecule has 110 valence electrons. The summed E-state index contributed by atoms with van der Waals surface area (Å²) in [5.41, 5.74) is 8.65. The van der Waals surface area contributed by atoms with Crippen LogP contribution in [0.1, 0.15) is 49.9 Å². The largest absolute Gasteiger partial charge is 0.397 e. The van der Waals surface area contributed by atoms with Gasteiger partial charge in [0.05, 0.1) is 11.4 Å². The van der Waals surface area contributed by atoms with Crippen LogP contribution in [0, 0.1) is 5.41 Å². The lowest BCUT2D eigenvalue weighted by atomic mass is 9.67. The Kier molecular flexibility index (Phi) is 4.53. The second-order valence-electron chi connectivity index (χ2n) is 5.72. The van der Waals surface area contributed by atoms with Gasteiger partial charge in [-0.2, -0.15) is 0 Å². The average Bonchev–Trinajstić information content (AvgIpc) is 2.40. The Morgan fingerprint density at radius 1 is 1.35 bits per heavy atom. The first-order valence-electron chi connectivity index (χ1n) is 7.52. The lowest BCUT2D eigenvalue weighted by Gasteiger charge is -2.41. The highest BCUT2D eigenvalue weighted by molar-refractivity contribution is 5.96. The summed E-state index contributed by atoms with van der Waals surface area (Å²) < 4.78 is 0. The number of carbonyl (C=O) groups excluding carboxylic acids is 1. The number of benzene rings is 1. The minimum absolute atomic E-state index is 0.0515. The van der Waals surface area contributed by atoms with E-state index in [2.05, 4.69) is 17.6 Å². The zero-order valence-electron chi connectivity index (χ0n) is 12.5. The Morgan fingerprint density at radius 3 is 2.65 bits per heavy atom.